The molecule has 0 atom stereocenters. The quantitative estimate of drug-likeness (QED) is 0.720. The Bertz CT molecular complexity index is 284. The van der Waals surface area contributed by atoms with Crippen LogP contribution in [0.2, 0.25) is 0 Å². The zero-order valence-corrected chi connectivity index (χ0v) is 8.18. The van der Waals surface area contributed by atoms with Gasteiger partial charge in [0.2, 0.25) is 0 Å². The monoisotopic (exact) mass is 179 g/mol. The zero-order chi connectivity index (χ0) is 9.31. The van der Waals surface area contributed by atoms with E-state index in [1.165, 1.54) is 24.8 Å². The smallest absolute Gasteiger partial charge is 0.126 e. The predicted molar refractivity (Wildman–Crippen MR) is 52.4 cm³/mol. The van der Waals surface area contributed by atoms with Gasteiger partial charge >= 0.3 is 0 Å². The van der Waals surface area contributed by atoms with Gasteiger partial charge in [-0.15, -0.1) is 0 Å². The van der Waals surface area contributed by atoms with E-state index in [0.29, 0.717) is 0 Å². The van der Waals surface area contributed by atoms with Crippen molar-refractivity contribution in [2.75, 3.05) is 0 Å². The number of aryl methyl sites for hydroxylation is 1. The van der Waals surface area contributed by atoms with Gasteiger partial charge in [-0.25, -0.2) is 0 Å². The third kappa shape index (κ3) is 1.51. The van der Waals surface area contributed by atoms with E-state index < -0.39 is 0 Å². The second-order valence-corrected chi connectivity index (χ2v) is 4.15. The number of nitrogens with two attached hydrogens (primary N) is 1. The van der Waals surface area contributed by atoms with Crippen molar-refractivity contribution in [2.24, 2.45) is 5.73 Å². The van der Waals surface area contributed by atoms with Gasteiger partial charge in [-0.05, 0) is 31.4 Å². The van der Waals surface area contributed by atoms with Gasteiger partial charge in [-0.2, -0.15) is 0 Å². The maximum absolute atomic E-state index is 6.33. The van der Waals surface area contributed by atoms with Gasteiger partial charge in [0.1, 0.15) is 5.76 Å². The van der Waals surface area contributed by atoms with E-state index in [9.17, 15) is 0 Å². The molecule has 0 unspecified atom stereocenters. The van der Waals surface area contributed by atoms with E-state index in [0.717, 1.165) is 18.6 Å². The molecule has 1 aliphatic rings. The van der Waals surface area contributed by atoms with Crippen LogP contribution in [0, 0.1) is 6.92 Å². The molecule has 2 heteroatoms. The van der Waals surface area contributed by atoms with Crippen molar-refractivity contribution >= 4 is 0 Å². The van der Waals surface area contributed by atoms with Gasteiger partial charge in [0.05, 0.1) is 11.8 Å². The summed E-state index contributed by atoms with van der Waals surface area (Å²) < 4.78 is 5.48. The second-order valence-electron chi connectivity index (χ2n) is 4.15. The third-order valence-electron chi connectivity index (χ3n) is 3.06. The molecule has 0 aromatic carbocycles. The van der Waals surface area contributed by atoms with Crippen molar-refractivity contribution in [3.63, 3.8) is 0 Å². The predicted octanol–water partition coefficient (Wildman–Crippen LogP) is 2.71. The molecule has 0 spiro atoms. The minimum Gasteiger partial charge on any atom is -0.467 e. The van der Waals surface area contributed by atoms with E-state index in [-0.39, 0.29) is 5.54 Å². The van der Waals surface area contributed by atoms with Gasteiger partial charge in [0.25, 0.3) is 0 Å². The van der Waals surface area contributed by atoms with Crippen molar-refractivity contribution in [2.45, 2.75) is 44.6 Å². The first kappa shape index (κ1) is 8.82. The molecule has 13 heavy (non-hydrogen) atoms. The molecule has 1 saturated carbocycles. The van der Waals surface area contributed by atoms with Crippen molar-refractivity contribution in [3.8, 4) is 0 Å². The molecule has 2 nitrogen and oxygen atoms in total. The van der Waals surface area contributed by atoms with Crippen LogP contribution in [-0.2, 0) is 5.54 Å². The fraction of sp³-hybridized carbons (Fsp3) is 0.636. The molecule has 2 N–H and O–H groups in total. The second kappa shape index (κ2) is 3.18. The summed E-state index contributed by atoms with van der Waals surface area (Å²) >= 11 is 0. The first-order valence-electron chi connectivity index (χ1n) is 5.06. The lowest BCUT2D eigenvalue weighted by molar-refractivity contribution is 0.250. The van der Waals surface area contributed by atoms with Crippen LogP contribution in [0.5, 0.6) is 0 Å². The van der Waals surface area contributed by atoms with Crippen LogP contribution in [0.25, 0.3) is 0 Å². The SMILES string of the molecule is Cc1ccoc1C1(N)CCCCC1. The van der Waals surface area contributed by atoms with Crippen LogP contribution in [0.3, 0.4) is 0 Å². The van der Waals surface area contributed by atoms with E-state index in [1.807, 2.05) is 6.07 Å². The first-order valence-corrected chi connectivity index (χ1v) is 5.06. The molecule has 1 aromatic heterocycles. The van der Waals surface area contributed by atoms with Crippen LogP contribution < -0.4 is 5.73 Å². The minimum atomic E-state index is -0.175. The lowest BCUT2D eigenvalue weighted by Crippen LogP contribution is -2.38. The Hall–Kier alpha value is -0.760. The van der Waals surface area contributed by atoms with Gasteiger partial charge in [0, 0.05) is 0 Å². The Morgan fingerprint density at radius 2 is 2.00 bits per heavy atom. The molecule has 0 radical (unpaired) electrons. The fourth-order valence-corrected chi connectivity index (χ4v) is 2.29. The van der Waals surface area contributed by atoms with E-state index in [1.54, 1.807) is 6.26 Å². The molecule has 0 aliphatic heterocycles. The lowest BCUT2D eigenvalue weighted by Gasteiger charge is -2.31. The normalized spacial score (nSPS) is 21.7. The molecule has 1 aliphatic carbocycles. The number of hydrogen-bond donors (Lipinski definition) is 1. The zero-order valence-electron chi connectivity index (χ0n) is 8.18. The molecule has 1 aromatic rings. The van der Waals surface area contributed by atoms with Crippen molar-refractivity contribution < 1.29 is 4.42 Å². The summed E-state index contributed by atoms with van der Waals surface area (Å²) in [6, 6.07) is 2.00. The molecule has 1 heterocycles. The summed E-state index contributed by atoms with van der Waals surface area (Å²) in [5, 5.41) is 0. The maximum atomic E-state index is 6.33. The highest BCUT2D eigenvalue weighted by molar-refractivity contribution is 5.23. The maximum Gasteiger partial charge on any atom is 0.126 e. The summed E-state index contributed by atoms with van der Waals surface area (Å²) in [5.41, 5.74) is 7.36. The molecular weight excluding hydrogens is 162 g/mol. The van der Waals surface area contributed by atoms with Crippen molar-refractivity contribution in [3.05, 3.63) is 23.7 Å². The Balaban J connectivity index is 2.27. The Morgan fingerprint density at radius 1 is 1.31 bits per heavy atom. The first-order chi connectivity index (χ1) is 6.22. The van der Waals surface area contributed by atoms with Crippen LogP contribution >= 0.6 is 0 Å². The van der Waals surface area contributed by atoms with Crippen LogP contribution in [0.4, 0.5) is 0 Å². The fourth-order valence-electron chi connectivity index (χ4n) is 2.29. The van der Waals surface area contributed by atoms with E-state index in [4.69, 9.17) is 10.2 Å². The average molecular weight is 179 g/mol. The van der Waals surface area contributed by atoms with E-state index in [2.05, 4.69) is 6.92 Å². The Morgan fingerprint density at radius 3 is 2.54 bits per heavy atom. The Labute approximate surface area is 79.1 Å². The van der Waals surface area contributed by atoms with E-state index >= 15 is 0 Å². The summed E-state index contributed by atoms with van der Waals surface area (Å²) in [7, 11) is 0. The number of rotatable bonds is 1. The molecule has 0 amide bonds. The highest BCUT2D eigenvalue weighted by atomic mass is 16.3. The summed E-state index contributed by atoms with van der Waals surface area (Å²) in [4.78, 5) is 0. The average Bonchev–Trinajstić information content (AvgIpc) is 2.53. The number of furan rings is 1. The number of hydrogen-bond acceptors (Lipinski definition) is 2. The van der Waals surface area contributed by atoms with Crippen LogP contribution in [0.15, 0.2) is 16.7 Å². The topological polar surface area (TPSA) is 39.2 Å². The van der Waals surface area contributed by atoms with Crippen LogP contribution in [0.1, 0.15) is 43.4 Å². The summed E-state index contributed by atoms with van der Waals surface area (Å²) in [6.45, 7) is 2.07. The Kier molecular flexibility index (Phi) is 2.16. The highest BCUT2D eigenvalue weighted by Crippen LogP contribution is 2.36. The minimum absolute atomic E-state index is 0.175. The lowest BCUT2D eigenvalue weighted by atomic mass is 9.80. The van der Waals surface area contributed by atoms with Crippen LogP contribution in [-0.4, -0.2) is 0 Å². The van der Waals surface area contributed by atoms with Gasteiger partial charge in [0.15, 0.2) is 0 Å². The third-order valence-corrected chi connectivity index (χ3v) is 3.06. The summed E-state index contributed by atoms with van der Waals surface area (Å²) in [6.07, 6.45) is 7.67. The van der Waals surface area contributed by atoms with Crippen molar-refractivity contribution in [1.29, 1.82) is 0 Å². The molecule has 0 bridgehead atoms. The van der Waals surface area contributed by atoms with Gasteiger partial charge in [-0.1, -0.05) is 19.3 Å². The standard InChI is InChI=1S/C11H17NO/c1-9-5-8-13-10(9)11(12)6-3-2-4-7-11/h5,8H,2-4,6-7,12H2,1H3. The molecule has 72 valence electrons. The molecule has 1 fully saturated rings. The van der Waals surface area contributed by atoms with Crippen molar-refractivity contribution in [1.82, 2.24) is 0 Å². The van der Waals surface area contributed by atoms with Gasteiger partial charge < -0.3 is 10.2 Å². The highest BCUT2D eigenvalue weighted by Gasteiger charge is 2.33. The molecule has 0 saturated heterocycles. The summed E-state index contributed by atoms with van der Waals surface area (Å²) in [5.74, 6) is 1.01. The molecule has 2 rings (SSSR count). The molecular formula is C11H17NO. The largest absolute Gasteiger partial charge is 0.467 e. The van der Waals surface area contributed by atoms with Gasteiger partial charge in [-0.3, -0.25) is 0 Å².